The number of morpholine rings is 1. The van der Waals surface area contributed by atoms with E-state index in [2.05, 4.69) is 10.2 Å². The summed E-state index contributed by atoms with van der Waals surface area (Å²) in [5.41, 5.74) is 1.10. The first-order valence-electron chi connectivity index (χ1n) is 8.40. The average molecular weight is 357 g/mol. The van der Waals surface area contributed by atoms with E-state index in [9.17, 15) is 10.2 Å². The molecule has 2 aliphatic rings. The lowest BCUT2D eigenvalue weighted by Crippen LogP contribution is -2.54. The maximum Gasteiger partial charge on any atom is 0.109 e. The summed E-state index contributed by atoms with van der Waals surface area (Å²) in [6, 6.07) is 7.58. The van der Waals surface area contributed by atoms with Crippen LogP contribution < -0.4 is 5.32 Å². The number of hydrogen-bond donors (Lipinski definition) is 3. The molecule has 0 bridgehead atoms. The molecule has 0 spiro atoms. The van der Waals surface area contributed by atoms with Crippen molar-refractivity contribution in [1.29, 1.82) is 0 Å². The van der Waals surface area contributed by atoms with E-state index in [1.165, 1.54) is 0 Å². The van der Waals surface area contributed by atoms with Crippen molar-refractivity contribution in [3.8, 4) is 0 Å². The summed E-state index contributed by atoms with van der Waals surface area (Å²) in [6.45, 7) is 3.97. The highest BCUT2D eigenvalue weighted by atomic mass is 35.5. The first-order valence-corrected chi connectivity index (χ1v) is 8.78. The molecule has 2 saturated heterocycles. The van der Waals surface area contributed by atoms with Gasteiger partial charge in [-0.3, -0.25) is 4.90 Å². The van der Waals surface area contributed by atoms with Gasteiger partial charge in [0.2, 0.25) is 0 Å². The molecule has 2 aliphatic heterocycles. The lowest BCUT2D eigenvalue weighted by molar-refractivity contribution is -0.0225. The van der Waals surface area contributed by atoms with Crippen LogP contribution in [-0.2, 0) is 16.0 Å². The molecule has 7 heteroatoms. The number of benzene rings is 1. The van der Waals surface area contributed by atoms with E-state index in [1.54, 1.807) is 0 Å². The molecule has 6 nitrogen and oxygen atoms in total. The second-order valence-electron chi connectivity index (χ2n) is 6.29. The van der Waals surface area contributed by atoms with Gasteiger partial charge in [0, 0.05) is 31.2 Å². The summed E-state index contributed by atoms with van der Waals surface area (Å²) in [5.74, 6) is 0. The Balaban J connectivity index is 1.59. The van der Waals surface area contributed by atoms with Gasteiger partial charge in [0.15, 0.2) is 0 Å². The fourth-order valence-corrected chi connectivity index (χ4v) is 3.69. The van der Waals surface area contributed by atoms with E-state index < -0.39 is 12.2 Å². The molecule has 0 radical (unpaired) electrons. The van der Waals surface area contributed by atoms with E-state index in [1.807, 2.05) is 24.3 Å². The van der Waals surface area contributed by atoms with Crippen molar-refractivity contribution in [2.75, 3.05) is 39.5 Å². The number of rotatable bonds is 6. The number of ether oxygens (including phenoxy) is 2. The van der Waals surface area contributed by atoms with E-state index in [-0.39, 0.29) is 18.8 Å². The maximum atomic E-state index is 10.5. The normalized spacial score (nSPS) is 31.5. The molecule has 0 aliphatic carbocycles. The van der Waals surface area contributed by atoms with Gasteiger partial charge < -0.3 is 25.0 Å². The minimum Gasteiger partial charge on any atom is -0.394 e. The van der Waals surface area contributed by atoms with Crippen molar-refractivity contribution >= 4 is 11.6 Å². The molecule has 24 heavy (non-hydrogen) atoms. The molecule has 3 rings (SSSR count). The molecule has 134 valence electrons. The Kier molecular flexibility index (Phi) is 6.46. The van der Waals surface area contributed by atoms with Crippen molar-refractivity contribution < 1.29 is 19.7 Å². The van der Waals surface area contributed by atoms with Gasteiger partial charge in [0.25, 0.3) is 0 Å². The molecule has 0 amide bonds. The minimum absolute atomic E-state index is 0.127. The standard InChI is InChI=1S/C17H25ClN2O4/c18-13-3-1-2-12(8-13)9-19-10-14-16(17(22)15(11-21)24-14)20-4-6-23-7-5-20/h1-3,8,14-17,19,21-22H,4-7,9-11H2/t14-,15-,16-,17+/m0/s1. The molecular formula is C17H25ClN2O4. The summed E-state index contributed by atoms with van der Waals surface area (Å²) >= 11 is 6.00. The fraction of sp³-hybridized carbons (Fsp3) is 0.647. The van der Waals surface area contributed by atoms with E-state index in [0.29, 0.717) is 31.3 Å². The van der Waals surface area contributed by atoms with Crippen molar-refractivity contribution in [2.45, 2.75) is 30.9 Å². The summed E-state index contributed by atoms with van der Waals surface area (Å²) in [4.78, 5) is 2.20. The predicted molar refractivity (Wildman–Crippen MR) is 91.1 cm³/mol. The third kappa shape index (κ3) is 4.26. The van der Waals surface area contributed by atoms with Crippen LogP contribution in [0.2, 0.25) is 5.02 Å². The summed E-state index contributed by atoms with van der Waals surface area (Å²) in [7, 11) is 0. The summed E-state index contributed by atoms with van der Waals surface area (Å²) in [6.07, 6.45) is -1.39. The zero-order chi connectivity index (χ0) is 16.9. The van der Waals surface area contributed by atoms with E-state index in [0.717, 1.165) is 18.7 Å². The molecule has 0 saturated carbocycles. The first-order chi connectivity index (χ1) is 11.7. The van der Waals surface area contributed by atoms with Gasteiger partial charge in [-0.05, 0) is 17.7 Å². The monoisotopic (exact) mass is 356 g/mol. The smallest absolute Gasteiger partial charge is 0.109 e. The first kappa shape index (κ1) is 18.1. The highest BCUT2D eigenvalue weighted by molar-refractivity contribution is 6.30. The Morgan fingerprint density at radius 1 is 1.25 bits per heavy atom. The fourth-order valence-electron chi connectivity index (χ4n) is 3.48. The zero-order valence-electron chi connectivity index (χ0n) is 13.6. The van der Waals surface area contributed by atoms with Crippen LogP contribution in [0.3, 0.4) is 0 Å². The number of nitrogens with one attached hydrogen (secondary N) is 1. The Morgan fingerprint density at radius 3 is 2.75 bits per heavy atom. The lowest BCUT2D eigenvalue weighted by Gasteiger charge is -2.36. The van der Waals surface area contributed by atoms with Crippen LogP contribution in [0, 0.1) is 0 Å². The van der Waals surface area contributed by atoms with Gasteiger partial charge in [-0.1, -0.05) is 23.7 Å². The van der Waals surface area contributed by atoms with Crippen LogP contribution in [0.5, 0.6) is 0 Å². The average Bonchev–Trinajstić information content (AvgIpc) is 2.91. The number of hydrogen-bond acceptors (Lipinski definition) is 6. The lowest BCUT2D eigenvalue weighted by atomic mass is 10.0. The number of aliphatic hydroxyl groups is 2. The van der Waals surface area contributed by atoms with Gasteiger partial charge >= 0.3 is 0 Å². The van der Waals surface area contributed by atoms with Crippen LogP contribution >= 0.6 is 11.6 Å². The Morgan fingerprint density at radius 2 is 2.04 bits per heavy atom. The number of halogens is 1. The topological polar surface area (TPSA) is 74.2 Å². The highest BCUT2D eigenvalue weighted by Crippen LogP contribution is 2.26. The Bertz CT molecular complexity index is 527. The van der Waals surface area contributed by atoms with Gasteiger partial charge in [-0.2, -0.15) is 0 Å². The molecule has 3 N–H and O–H groups in total. The summed E-state index contributed by atoms with van der Waals surface area (Å²) in [5, 5.41) is 24.0. The molecule has 1 aromatic rings. The van der Waals surface area contributed by atoms with Gasteiger partial charge in [-0.25, -0.2) is 0 Å². The zero-order valence-corrected chi connectivity index (χ0v) is 14.4. The van der Waals surface area contributed by atoms with Crippen LogP contribution in [0.15, 0.2) is 24.3 Å². The van der Waals surface area contributed by atoms with E-state index in [4.69, 9.17) is 21.1 Å². The third-order valence-corrected chi connectivity index (χ3v) is 4.91. The molecule has 1 aromatic carbocycles. The van der Waals surface area contributed by atoms with Crippen molar-refractivity contribution in [3.05, 3.63) is 34.9 Å². The highest BCUT2D eigenvalue weighted by Gasteiger charge is 2.46. The maximum absolute atomic E-state index is 10.5. The van der Waals surface area contributed by atoms with Crippen molar-refractivity contribution in [2.24, 2.45) is 0 Å². The second kappa shape index (κ2) is 8.58. The minimum atomic E-state index is -0.689. The van der Waals surface area contributed by atoms with Crippen LogP contribution in [0.1, 0.15) is 5.56 Å². The number of nitrogens with zero attached hydrogens (tertiary/aromatic N) is 1. The van der Waals surface area contributed by atoms with Crippen LogP contribution in [0.4, 0.5) is 0 Å². The van der Waals surface area contributed by atoms with Gasteiger partial charge in [0.1, 0.15) is 12.2 Å². The quantitative estimate of drug-likeness (QED) is 0.678. The molecule has 2 fully saturated rings. The Hall–Kier alpha value is -0.730. The molecule has 4 atom stereocenters. The molecular weight excluding hydrogens is 332 g/mol. The molecule has 0 aromatic heterocycles. The molecule has 2 heterocycles. The van der Waals surface area contributed by atoms with Gasteiger partial charge in [-0.15, -0.1) is 0 Å². The third-order valence-electron chi connectivity index (χ3n) is 4.67. The van der Waals surface area contributed by atoms with Crippen molar-refractivity contribution in [1.82, 2.24) is 10.2 Å². The molecule has 0 unspecified atom stereocenters. The van der Waals surface area contributed by atoms with Crippen LogP contribution in [0.25, 0.3) is 0 Å². The summed E-state index contributed by atoms with van der Waals surface area (Å²) < 4.78 is 11.3. The van der Waals surface area contributed by atoms with E-state index >= 15 is 0 Å². The second-order valence-corrected chi connectivity index (χ2v) is 6.72. The SMILES string of the molecule is OC[C@@H]1O[C@@H](CNCc2cccc(Cl)c2)[C@H](N2CCOCC2)[C@@H]1O. The predicted octanol–water partition coefficient (Wildman–Crippen LogP) is 0.251. The Labute approximate surface area is 147 Å². The largest absolute Gasteiger partial charge is 0.394 e. The number of aliphatic hydroxyl groups excluding tert-OH is 2. The van der Waals surface area contributed by atoms with Crippen LogP contribution in [-0.4, -0.2) is 78.9 Å². The van der Waals surface area contributed by atoms with Crippen molar-refractivity contribution in [3.63, 3.8) is 0 Å². The van der Waals surface area contributed by atoms with Gasteiger partial charge in [0.05, 0.1) is 32.0 Å².